The van der Waals surface area contributed by atoms with Crippen LogP contribution in [0.15, 0.2) is 0 Å². The third-order valence-electron chi connectivity index (χ3n) is 4.50. The van der Waals surface area contributed by atoms with Crippen LogP contribution in [0.3, 0.4) is 0 Å². The molecule has 1 spiro atoms. The lowest BCUT2D eigenvalue weighted by atomic mass is 9.84. The van der Waals surface area contributed by atoms with Crippen molar-refractivity contribution in [1.82, 2.24) is 4.90 Å². The quantitative estimate of drug-likeness (QED) is 0.811. The lowest BCUT2D eigenvalue weighted by Gasteiger charge is -2.45. The number of hydrogen-bond donors (Lipinski definition) is 1. The smallest absolute Gasteiger partial charge is 0.170 e. The average molecular weight is 242 g/mol. The van der Waals surface area contributed by atoms with E-state index in [1.54, 1.807) is 0 Å². The zero-order valence-corrected chi connectivity index (χ0v) is 11.3. The zero-order valence-electron chi connectivity index (χ0n) is 11.3. The van der Waals surface area contributed by atoms with E-state index in [9.17, 15) is 0 Å². The molecular weight excluding hydrogens is 216 g/mol. The highest BCUT2D eigenvalue weighted by atomic mass is 16.7. The van der Waals surface area contributed by atoms with Crippen molar-refractivity contribution >= 4 is 0 Å². The van der Waals surface area contributed by atoms with Gasteiger partial charge in [-0.15, -0.1) is 0 Å². The molecular formula is C13H26N2O2. The summed E-state index contributed by atoms with van der Waals surface area (Å²) < 4.78 is 11.6. The van der Waals surface area contributed by atoms with E-state index in [4.69, 9.17) is 15.2 Å². The number of nitrogens with zero attached hydrogens (tertiary/aromatic N) is 1. The standard InChI is InChI=1S/C13H26N2O2/c1-4-10(2)15(3)12-9-13(6-5-11(12)14)16-7-8-17-13/h10-12H,4-9,14H2,1-3H3. The molecule has 1 saturated carbocycles. The van der Waals surface area contributed by atoms with Gasteiger partial charge >= 0.3 is 0 Å². The monoisotopic (exact) mass is 242 g/mol. The number of hydrogen-bond acceptors (Lipinski definition) is 4. The topological polar surface area (TPSA) is 47.7 Å². The fraction of sp³-hybridized carbons (Fsp3) is 1.00. The van der Waals surface area contributed by atoms with Crippen molar-refractivity contribution in [2.45, 2.75) is 63.4 Å². The van der Waals surface area contributed by atoms with E-state index in [-0.39, 0.29) is 11.8 Å². The van der Waals surface area contributed by atoms with E-state index in [2.05, 4.69) is 25.8 Å². The lowest BCUT2D eigenvalue weighted by Crippen LogP contribution is -2.57. The van der Waals surface area contributed by atoms with Crippen LogP contribution in [-0.4, -0.2) is 49.1 Å². The molecule has 0 bridgehead atoms. The summed E-state index contributed by atoms with van der Waals surface area (Å²) in [6.45, 7) is 5.93. The minimum atomic E-state index is -0.331. The van der Waals surface area contributed by atoms with Gasteiger partial charge < -0.3 is 15.2 Å². The van der Waals surface area contributed by atoms with Gasteiger partial charge in [-0.2, -0.15) is 0 Å². The summed E-state index contributed by atoms with van der Waals surface area (Å²) in [4.78, 5) is 2.40. The van der Waals surface area contributed by atoms with Gasteiger partial charge in [0.2, 0.25) is 0 Å². The largest absolute Gasteiger partial charge is 0.347 e. The first-order valence-corrected chi connectivity index (χ1v) is 6.83. The third kappa shape index (κ3) is 2.65. The first-order valence-electron chi connectivity index (χ1n) is 6.83. The van der Waals surface area contributed by atoms with Crippen LogP contribution in [0.25, 0.3) is 0 Å². The molecule has 3 atom stereocenters. The van der Waals surface area contributed by atoms with Gasteiger partial charge in [-0.3, -0.25) is 4.90 Å². The SMILES string of the molecule is CCC(C)N(C)C1CC2(CCC1N)OCCO2. The molecule has 17 heavy (non-hydrogen) atoms. The highest BCUT2D eigenvalue weighted by Crippen LogP contribution is 2.37. The van der Waals surface area contributed by atoms with Crippen molar-refractivity contribution in [2.75, 3.05) is 20.3 Å². The molecule has 2 rings (SSSR count). The molecule has 2 aliphatic rings. The van der Waals surface area contributed by atoms with Gasteiger partial charge in [-0.25, -0.2) is 0 Å². The molecule has 4 heteroatoms. The van der Waals surface area contributed by atoms with Crippen molar-refractivity contribution in [3.63, 3.8) is 0 Å². The molecule has 0 amide bonds. The number of nitrogens with two attached hydrogens (primary N) is 1. The van der Waals surface area contributed by atoms with Gasteiger partial charge in [-0.05, 0) is 26.8 Å². The number of ether oxygens (including phenoxy) is 2. The van der Waals surface area contributed by atoms with Crippen molar-refractivity contribution in [3.05, 3.63) is 0 Å². The molecule has 0 aromatic heterocycles. The predicted octanol–water partition coefficient (Wildman–Crippen LogP) is 1.34. The maximum absolute atomic E-state index is 6.27. The number of rotatable bonds is 3. The second-order valence-electron chi connectivity index (χ2n) is 5.50. The lowest BCUT2D eigenvalue weighted by molar-refractivity contribution is -0.192. The van der Waals surface area contributed by atoms with Crippen molar-refractivity contribution in [2.24, 2.45) is 5.73 Å². The fourth-order valence-electron chi connectivity index (χ4n) is 2.97. The van der Waals surface area contributed by atoms with E-state index in [0.717, 1.165) is 38.9 Å². The summed E-state index contributed by atoms with van der Waals surface area (Å²) in [5.41, 5.74) is 6.27. The average Bonchev–Trinajstić information content (AvgIpc) is 2.79. The van der Waals surface area contributed by atoms with Crippen LogP contribution in [0.4, 0.5) is 0 Å². The fourth-order valence-corrected chi connectivity index (χ4v) is 2.97. The summed E-state index contributed by atoms with van der Waals surface area (Å²) in [5.74, 6) is -0.331. The summed E-state index contributed by atoms with van der Waals surface area (Å²) >= 11 is 0. The van der Waals surface area contributed by atoms with Crippen molar-refractivity contribution in [1.29, 1.82) is 0 Å². The molecule has 1 saturated heterocycles. The summed E-state index contributed by atoms with van der Waals surface area (Å²) in [5, 5.41) is 0. The molecule has 1 aliphatic carbocycles. The molecule has 1 heterocycles. The Hall–Kier alpha value is -0.160. The Kier molecular flexibility index (Phi) is 4.08. The van der Waals surface area contributed by atoms with Gasteiger partial charge in [-0.1, -0.05) is 6.92 Å². The van der Waals surface area contributed by atoms with E-state index in [0.29, 0.717) is 12.1 Å². The Labute approximate surface area is 104 Å². The van der Waals surface area contributed by atoms with E-state index in [1.165, 1.54) is 0 Å². The Morgan fingerprint density at radius 2 is 2.06 bits per heavy atom. The first kappa shape index (κ1) is 13.3. The second kappa shape index (κ2) is 5.22. The van der Waals surface area contributed by atoms with Crippen molar-refractivity contribution in [3.8, 4) is 0 Å². The Balaban J connectivity index is 2.04. The molecule has 1 aliphatic heterocycles. The van der Waals surface area contributed by atoms with E-state index in [1.807, 2.05) is 0 Å². The minimum Gasteiger partial charge on any atom is -0.347 e. The normalized spacial score (nSPS) is 34.4. The molecule has 2 N–H and O–H groups in total. The molecule has 0 aromatic carbocycles. The molecule has 2 fully saturated rings. The summed E-state index contributed by atoms with van der Waals surface area (Å²) in [7, 11) is 2.17. The van der Waals surface area contributed by atoms with Crippen LogP contribution in [0.2, 0.25) is 0 Å². The van der Waals surface area contributed by atoms with Gasteiger partial charge in [0.05, 0.1) is 13.2 Å². The second-order valence-corrected chi connectivity index (χ2v) is 5.50. The molecule has 100 valence electrons. The molecule has 0 radical (unpaired) electrons. The number of likely N-dealkylation sites (N-methyl/N-ethyl adjacent to an activating group) is 1. The van der Waals surface area contributed by atoms with Crippen LogP contribution in [0.1, 0.15) is 39.5 Å². The summed E-state index contributed by atoms with van der Waals surface area (Å²) in [6.07, 6.45) is 3.99. The first-order chi connectivity index (χ1) is 8.08. The Bertz CT molecular complexity index is 254. The Morgan fingerprint density at radius 1 is 1.41 bits per heavy atom. The highest BCUT2D eigenvalue weighted by Gasteiger charge is 2.45. The van der Waals surface area contributed by atoms with Gasteiger partial charge in [0.25, 0.3) is 0 Å². The highest BCUT2D eigenvalue weighted by molar-refractivity contribution is 4.95. The van der Waals surface area contributed by atoms with E-state index >= 15 is 0 Å². The predicted molar refractivity (Wildman–Crippen MR) is 67.8 cm³/mol. The van der Waals surface area contributed by atoms with Crippen LogP contribution < -0.4 is 5.73 Å². The van der Waals surface area contributed by atoms with Crippen LogP contribution in [0.5, 0.6) is 0 Å². The van der Waals surface area contributed by atoms with Gasteiger partial charge in [0, 0.05) is 31.0 Å². The van der Waals surface area contributed by atoms with Gasteiger partial charge in [0.1, 0.15) is 0 Å². The van der Waals surface area contributed by atoms with E-state index < -0.39 is 0 Å². The van der Waals surface area contributed by atoms with Crippen LogP contribution in [-0.2, 0) is 9.47 Å². The zero-order chi connectivity index (χ0) is 12.5. The van der Waals surface area contributed by atoms with Crippen LogP contribution >= 0.6 is 0 Å². The molecule has 3 unspecified atom stereocenters. The van der Waals surface area contributed by atoms with Crippen LogP contribution in [0, 0.1) is 0 Å². The third-order valence-corrected chi connectivity index (χ3v) is 4.50. The maximum atomic E-state index is 6.27. The molecule has 0 aromatic rings. The minimum absolute atomic E-state index is 0.243. The van der Waals surface area contributed by atoms with Crippen molar-refractivity contribution < 1.29 is 9.47 Å². The molecule has 4 nitrogen and oxygen atoms in total. The maximum Gasteiger partial charge on any atom is 0.170 e. The van der Waals surface area contributed by atoms with Gasteiger partial charge in [0.15, 0.2) is 5.79 Å². The Morgan fingerprint density at radius 3 is 2.65 bits per heavy atom. The summed E-state index contributed by atoms with van der Waals surface area (Å²) in [6, 6.07) is 1.17.